The molecule has 1 aromatic carbocycles. The second-order valence-corrected chi connectivity index (χ2v) is 5.94. The van der Waals surface area contributed by atoms with Crippen molar-refractivity contribution in [2.24, 2.45) is 5.41 Å². The molecule has 0 bridgehead atoms. The Morgan fingerprint density at radius 1 is 1.11 bits per heavy atom. The molecule has 0 aliphatic heterocycles. The van der Waals surface area contributed by atoms with Gasteiger partial charge in [-0.3, -0.25) is 0 Å². The highest BCUT2D eigenvalue weighted by molar-refractivity contribution is 5.36. The van der Waals surface area contributed by atoms with Gasteiger partial charge in [0.05, 0.1) is 0 Å². The molecule has 0 amide bonds. The van der Waals surface area contributed by atoms with Gasteiger partial charge in [-0.25, -0.2) is 0 Å². The largest absolute Gasteiger partial charge is 0.396 e. The van der Waals surface area contributed by atoms with Crippen LogP contribution in [0.15, 0.2) is 12.1 Å². The minimum atomic E-state index is 0.324. The maximum absolute atomic E-state index is 9.04. The van der Waals surface area contributed by atoms with Crippen LogP contribution in [0.1, 0.15) is 41.5 Å². The molecule has 100 valence electrons. The molecule has 2 N–H and O–H groups in total. The normalized spacial score (nSPS) is 16.9. The molecule has 1 aliphatic carbocycles. The first-order valence-corrected chi connectivity index (χ1v) is 6.95. The number of hydrogen-bond donors (Lipinski definition) is 2. The highest BCUT2D eigenvalue weighted by Gasteiger charge is 2.41. The Kier molecular flexibility index (Phi) is 4.08. The molecule has 2 nitrogen and oxygen atoms in total. The molecular weight excluding hydrogens is 222 g/mol. The van der Waals surface area contributed by atoms with Crippen molar-refractivity contribution in [3.05, 3.63) is 34.4 Å². The zero-order chi connectivity index (χ0) is 13.2. The Morgan fingerprint density at radius 3 is 2.39 bits per heavy atom. The average molecular weight is 247 g/mol. The van der Waals surface area contributed by atoms with E-state index >= 15 is 0 Å². The first kappa shape index (κ1) is 13.6. The van der Waals surface area contributed by atoms with Crippen LogP contribution in [0.4, 0.5) is 0 Å². The Labute approximate surface area is 110 Å². The van der Waals surface area contributed by atoms with Gasteiger partial charge in [-0.2, -0.15) is 0 Å². The van der Waals surface area contributed by atoms with E-state index in [0.29, 0.717) is 12.0 Å². The Hall–Kier alpha value is -0.860. The molecule has 2 rings (SSSR count). The highest BCUT2D eigenvalue weighted by atomic mass is 16.3. The molecule has 1 aliphatic rings. The number of aliphatic hydroxyl groups is 1. The van der Waals surface area contributed by atoms with Crippen LogP contribution < -0.4 is 5.32 Å². The van der Waals surface area contributed by atoms with E-state index in [-0.39, 0.29) is 0 Å². The van der Waals surface area contributed by atoms with E-state index in [9.17, 15) is 0 Å². The van der Waals surface area contributed by atoms with Crippen LogP contribution in [0.25, 0.3) is 0 Å². The van der Waals surface area contributed by atoms with Gasteiger partial charge in [-0.05, 0) is 67.7 Å². The zero-order valence-corrected chi connectivity index (χ0v) is 11.8. The average Bonchev–Trinajstić information content (AvgIpc) is 3.06. The number of hydrogen-bond acceptors (Lipinski definition) is 2. The summed E-state index contributed by atoms with van der Waals surface area (Å²) in [7, 11) is 0. The summed E-state index contributed by atoms with van der Waals surface area (Å²) in [5, 5.41) is 12.6. The molecule has 0 saturated heterocycles. The van der Waals surface area contributed by atoms with Gasteiger partial charge in [0.2, 0.25) is 0 Å². The smallest absolute Gasteiger partial charge is 0.0436 e. The second-order valence-electron chi connectivity index (χ2n) is 5.94. The molecular formula is C16H25NO. The summed E-state index contributed by atoms with van der Waals surface area (Å²) in [4.78, 5) is 0. The van der Waals surface area contributed by atoms with Gasteiger partial charge in [0.15, 0.2) is 0 Å². The fourth-order valence-electron chi connectivity index (χ4n) is 2.60. The summed E-state index contributed by atoms with van der Waals surface area (Å²) in [5.74, 6) is 0. The molecule has 0 radical (unpaired) electrons. The molecule has 1 aromatic rings. The van der Waals surface area contributed by atoms with Crippen LogP contribution in [-0.4, -0.2) is 18.3 Å². The summed E-state index contributed by atoms with van der Waals surface area (Å²) in [6.07, 6.45) is 3.49. The van der Waals surface area contributed by atoms with Gasteiger partial charge < -0.3 is 10.4 Å². The van der Waals surface area contributed by atoms with E-state index in [1.54, 1.807) is 0 Å². The van der Waals surface area contributed by atoms with Crippen LogP contribution >= 0.6 is 0 Å². The number of aryl methyl sites for hydroxylation is 3. The number of rotatable bonds is 6. The van der Waals surface area contributed by atoms with Crippen LogP contribution in [0, 0.1) is 26.2 Å². The van der Waals surface area contributed by atoms with Gasteiger partial charge in [0.1, 0.15) is 0 Å². The summed E-state index contributed by atoms with van der Waals surface area (Å²) in [6.45, 7) is 8.83. The van der Waals surface area contributed by atoms with Crippen LogP contribution in [0.3, 0.4) is 0 Å². The lowest BCUT2D eigenvalue weighted by Crippen LogP contribution is -2.24. The molecule has 0 aromatic heterocycles. The molecule has 0 atom stereocenters. The standard InChI is InChI=1S/C16H25NO/c1-12-8-14(3)15(9-13(12)2)10-17-11-16(4-5-16)6-7-18/h8-9,17-18H,4-7,10-11H2,1-3H3. The van der Waals surface area contributed by atoms with E-state index in [4.69, 9.17) is 5.11 Å². The monoisotopic (exact) mass is 247 g/mol. The fourth-order valence-corrected chi connectivity index (χ4v) is 2.60. The maximum atomic E-state index is 9.04. The lowest BCUT2D eigenvalue weighted by Gasteiger charge is -2.16. The predicted octanol–water partition coefficient (Wildman–Crippen LogP) is 2.86. The molecule has 18 heavy (non-hydrogen) atoms. The van der Waals surface area contributed by atoms with E-state index in [1.165, 1.54) is 35.1 Å². The van der Waals surface area contributed by atoms with Crippen LogP contribution in [-0.2, 0) is 6.54 Å². The molecule has 0 spiro atoms. The molecule has 0 heterocycles. The third kappa shape index (κ3) is 3.12. The predicted molar refractivity (Wildman–Crippen MR) is 75.7 cm³/mol. The molecule has 1 fully saturated rings. The van der Waals surface area contributed by atoms with E-state index in [0.717, 1.165) is 19.5 Å². The molecule has 2 heteroatoms. The summed E-state index contributed by atoms with van der Waals surface area (Å²) in [5.41, 5.74) is 5.92. The van der Waals surface area contributed by atoms with Gasteiger partial charge in [-0.1, -0.05) is 12.1 Å². The van der Waals surface area contributed by atoms with Crippen LogP contribution in [0.2, 0.25) is 0 Å². The quantitative estimate of drug-likeness (QED) is 0.810. The number of nitrogens with one attached hydrogen (secondary N) is 1. The van der Waals surface area contributed by atoms with Crippen molar-refractivity contribution in [3.8, 4) is 0 Å². The molecule has 1 saturated carbocycles. The Balaban J connectivity index is 1.89. The van der Waals surface area contributed by atoms with Gasteiger partial charge in [-0.15, -0.1) is 0 Å². The van der Waals surface area contributed by atoms with Crippen LogP contribution in [0.5, 0.6) is 0 Å². The fraction of sp³-hybridized carbons (Fsp3) is 0.625. The van der Waals surface area contributed by atoms with Crippen molar-refractivity contribution in [3.63, 3.8) is 0 Å². The van der Waals surface area contributed by atoms with Gasteiger partial charge in [0, 0.05) is 19.7 Å². The van der Waals surface area contributed by atoms with Gasteiger partial charge >= 0.3 is 0 Å². The van der Waals surface area contributed by atoms with Crippen molar-refractivity contribution in [1.29, 1.82) is 0 Å². The number of benzene rings is 1. The van der Waals surface area contributed by atoms with E-state index in [1.807, 2.05) is 0 Å². The van der Waals surface area contributed by atoms with Crippen molar-refractivity contribution >= 4 is 0 Å². The minimum absolute atomic E-state index is 0.324. The first-order chi connectivity index (χ1) is 8.56. The maximum Gasteiger partial charge on any atom is 0.0436 e. The lowest BCUT2D eigenvalue weighted by molar-refractivity contribution is 0.245. The summed E-state index contributed by atoms with van der Waals surface area (Å²) >= 11 is 0. The Bertz CT molecular complexity index is 421. The van der Waals surface area contributed by atoms with Gasteiger partial charge in [0.25, 0.3) is 0 Å². The third-order valence-electron chi connectivity index (χ3n) is 4.37. The molecule has 0 unspecified atom stereocenters. The van der Waals surface area contributed by atoms with Crippen molar-refractivity contribution in [2.75, 3.05) is 13.2 Å². The topological polar surface area (TPSA) is 32.3 Å². The van der Waals surface area contributed by atoms with Crippen molar-refractivity contribution in [2.45, 2.75) is 46.6 Å². The first-order valence-electron chi connectivity index (χ1n) is 6.95. The van der Waals surface area contributed by atoms with Crippen molar-refractivity contribution in [1.82, 2.24) is 5.32 Å². The SMILES string of the molecule is Cc1cc(C)c(CNCC2(CCO)CC2)cc1C. The third-order valence-corrected chi connectivity index (χ3v) is 4.37. The minimum Gasteiger partial charge on any atom is -0.396 e. The lowest BCUT2D eigenvalue weighted by atomic mass is 10.00. The zero-order valence-electron chi connectivity index (χ0n) is 11.8. The number of aliphatic hydroxyl groups excluding tert-OH is 1. The Morgan fingerprint density at radius 2 is 1.78 bits per heavy atom. The summed E-state index contributed by atoms with van der Waals surface area (Å²) in [6, 6.07) is 4.57. The van der Waals surface area contributed by atoms with E-state index in [2.05, 4.69) is 38.2 Å². The van der Waals surface area contributed by atoms with Crippen molar-refractivity contribution < 1.29 is 5.11 Å². The second kappa shape index (κ2) is 5.41. The summed E-state index contributed by atoms with van der Waals surface area (Å²) < 4.78 is 0. The van der Waals surface area contributed by atoms with E-state index < -0.39 is 0 Å². The highest BCUT2D eigenvalue weighted by Crippen LogP contribution is 2.47.